The minimum Gasteiger partial charge on any atom is -0.364 e. The molecule has 0 aliphatic carbocycles. The summed E-state index contributed by atoms with van der Waals surface area (Å²) in [5.41, 5.74) is 2.36. The zero-order valence-electron chi connectivity index (χ0n) is 15.9. The van der Waals surface area contributed by atoms with Crippen molar-refractivity contribution in [3.05, 3.63) is 99.2 Å². The Balaban J connectivity index is 2.06. The van der Waals surface area contributed by atoms with E-state index in [0.717, 1.165) is 26.2 Å². The Hall–Kier alpha value is -2.65. The average Bonchev–Trinajstić information content (AvgIpc) is 2.69. The lowest BCUT2D eigenvalue weighted by atomic mass is 10.2. The maximum atomic E-state index is 3.83. The fourth-order valence-electron chi connectivity index (χ4n) is 2.78. The van der Waals surface area contributed by atoms with Gasteiger partial charge in [-0.25, -0.2) is 0 Å². The SMILES string of the molecule is C=CCN(CC=C)c1ccc(Sc2ccc(N(CC=C)CC=C)cc2)cc1. The lowest BCUT2D eigenvalue weighted by molar-refractivity contribution is 0.955. The molecule has 27 heavy (non-hydrogen) atoms. The fourth-order valence-corrected chi connectivity index (χ4v) is 3.60. The Morgan fingerprint density at radius 1 is 0.556 bits per heavy atom. The monoisotopic (exact) mass is 376 g/mol. The molecule has 0 aromatic heterocycles. The van der Waals surface area contributed by atoms with Crippen molar-refractivity contribution in [3.63, 3.8) is 0 Å². The zero-order valence-corrected chi connectivity index (χ0v) is 16.7. The van der Waals surface area contributed by atoms with Crippen molar-refractivity contribution in [3.8, 4) is 0 Å². The standard InChI is InChI=1S/C24H28N2S/c1-5-17-25(18-6-2)21-9-13-23(14-10-21)27-24-15-11-22(12-16-24)26(19-7-3)20-8-4/h5-16H,1-4,17-20H2. The third-order valence-electron chi connectivity index (χ3n) is 4.04. The third kappa shape index (κ3) is 6.22. The summed E-state index contributed by atoms with van der Waals surface area (Å²) in [6.07, 6.45) is 7.65. The number of hydrogen-bond donors (Lipinski definition) is 0. The van der Waals surface area contributed by atoms with Gasteiger partial charge in [-0.05, 0) is 48.5 Å². The average molecular weight is 377 g/mol. The van der Waals surface area contributed by atoms with Gasteiger partial charge in [-0.2, -0.15) is 0 Å². The van der Waals surface area contributed by atoms with Gasteiger partial charge >= 0.3 is 0 Å². The largest absolute Gasteiger partial charge is 0.364 e. The summed E-state index contributed by atoms with van der Waals surface area (Å²) in [6, 6.07) is 17.3. The van der Waals surface area contributed by atoms with Gasteiger partial charge in [0.2, 0.25) is 0 Å². The predicted molar refractivity (Wildman–Crippen MR) is 122 cm³/mol. The van der Waals surface area contributed by atoms with Crippen LogP contribution >= 0.6 is 11.8 Å². The van der Waals surface area contributed by atoms with Crippen LogP contribution in [0.2, 0.25) is 0 Å². The highest BCUT2D eigenvalue weighted by atomic mass is 32.2. The van der Waals surface area contributed by atoms with Gasteiger partial charge in [0.05, 0.1) is 0 Å². The number of rotatable bonds is 12. The Bertz CT molecular complexity index is 661. The predicted octanol–water partition coefficient (Wildman–Crippen LogP) is 6.19. The number of anilines is 2. The van der Waals surface area contributed by atoms with E-state index in [1.165, 1.54) is 21.2 Å². The third-order valence-corrected chi connectivity index (χ3v) is 5.05. The molecule has 3 heteroatoms. The molecule has 0 aliphatic rings. The molecule has 140 valence electrons. The summed E-state index contributed by atoms with van der Waals surface area (Å²) >= 11 is 1.76. The van der Waals surface area contributed by atoms with E-state index in [4.69, 9.17) is 0 Å². The zero-order chi connectivity index (χ0) is 19.5. The van der Waals surface area contributed by atoms with Crippen LogP contribution < -0.4 is 9.80 Å². The van der Waals surface area contributed by atoms with Crippen molar-refractivity contribution in [2.45, 2.75) is 9.79 Å². The van der Waals surface area contributed by atoms with Gasteiger partial charge in [0.25, 0.3) is 0 Å². The van der Waals surface area contributed by atoms with Crippen molar-refractivity contribution in [2.75, 3.05) is 36.0 Å². The van der Waals surface area contributed by atoms with Crippen LogP contribution in [-0.2, 0) is 0 Å². The maximum Gasteiger partial charge on any atom is 0.0372 e. The molecule has 0 aliphatic heterocycles. The van der Waals surface area contributed by atoms with Crippen LogP contribution in [0.4, 0.5) is 11.4 Å². The molecule has 0 radical (unpaired) electrons. The minimum absolute atomic E-state index is 0.811. The molecule has 0 fully saturated rings. The maximum absolute atomic E-state index is 3.83. The first-order valence-corrected chi connectivity index (χ1v) is 9.85. The van der Waals surface area contributed by atoms with Crippen molar-refractivity contribution >= 4 is 23.1 Å². The topological polar surface area (TPSA) is 6.48 Å². The van der Waals surface area contributed by atoms with Crippen molar-refractivity contribution in [1.82, 2.24) is 0 Å². The first kappa shape index (κ1) is 20.7. The quantitative estimate of drug-likeness (QED) is 0.408. The lowest BCUT2D eigenvalue weighted by Crippen LogP contribution is -2.22. The molecule has 0 saturated heterocycles. The Labute approximate surface area is 168 Å². The fraction of sp³-hybridized carbons (Fsp3) is 0.167. The molecule has 0 saturated carbocycles. The molecule has 0 heterocycles. The van der Waals surface area contributed by atoms with Gasteiger partial charge in [0.1, 0.15) is 0 Å². The highest BCUT2D eigenvalue weighted by molar-refractivity contribution is 7.99. The summed E-state index contributed by atoms with van der Waals surface area (Å²) in [4.78, 5) is 6.91. The van der Waals surface area contributed by atoms with E-state index in [0.29, 0.717) is 0 Å². The van der Waals surface area contributed by atoms with E-state index < -0.39 is 0 Å². The van der Waals surface area contributed by atoms with E-state index in [1.807, 2.05) is 24.3 Å². The molecule has 2 rings (SSSR count). The van der Waals surface area contributed by atoms with E-state index >= 15 is 0 Å². The van der Waals surface area contributed by atoms with Gasteiger partial charge in [-0.15, -0.1) is 26.3 Å². The van der Waals surface area contributed by atoms with Crippen molar-refractivity contribution < 1.29 is 0 Å². The summed E-state index contributed by atoms with van der Waals surface area (Å²) in [5, 5.41) is 0. The highest BCUT2D eigenvalue weighted by Crippen LogP contribution is 2.30. The molecule has 2 aromatic rings. The van der Waals surface area contributed by atoms with Crippen LogP contribution in [-0.4, -0.2) is 26.2 Å². The van der Waals surface area contributed by atoms with Crippen LogP contribution in [0.15, 0.2) is 109 Å². The van der Waals surface area contributed by atoms with Gasteiger partial charge in [-0.3, -0.25) is 0 Å². The summed E-state index contributed by atoms with van der Waals surface area (Å²) in [6.45, 7) is 18.6. The molecule has 0 spiro atoms. The number of benzene rings is 2. The minimum atomic E-state index is 0.811. The van der Waals surface area contributed by atoms with Crippen LogP contribution in [0.5, 0.6) is 0 Å². The Kier molecular flexibility index (Phi) is 8.53. The molecular weight excluding hydrogens is 348 g/mol. The first-order valence-electron chi connectivity index (χ1n) is 9.03. The van der Waals surface area contributed by atoms with Gasteiger partial charge in [0, 0.05) is 47.3 Å². The van der Waals surface area contributed by atoms with Gasteiger partial charge in [0.15, 0.2) is 0 Å². The molecule has 0 amide bonds. The second-order valence-corrected chi connectivity index (χ2v) is 7.20. The van der Waals surface area contributed by atoms with Crippen LogP contribution in [0.1, 0.15) is 0 Å². The van der Waals surface area contributed by atoms with E-state index in [9.17, 15) is 0 Å². The van der Waals surface area contributed by atoms with Crippen LogP contribution in [0, 0.1) is 0 Å². The normalized spacial score (nSPS) is 10.1. The molecule has 0 atom stereocenters. The van der Waals surface area contributed by atoms with E-state index in [-0.39, 0.29) is 0 Å². The summed E-state index contributed by atoms with van der Waals surface area (Å²) in [7, 11) is 0. The van der Waals surface area contributed by atoms with E-state index in [2.05, 4.69) is 84.6 Å². The summed E-state index contributed by atoms with van der Waals surface area (Å²) < 4.78 is 0. The second kappa shape index (κ2) is 11.1. The Morgan fingerprint density at radius 3 is 1.11 bits per heavy atom. The first-order chi connectivity index (χ1) is 13.2. The van der Waals surface area contributed by atoms with E-state index in [1.54, 1.807) is 11.8 Å². The molecular formula is C24H28N2S. The number of hydrogen-bond acceptors (Lipinski definition) is 3. The van der Waals surface area contributed by atoms with Crippen molar-refractivity contribution in [1.29, 1.82) is 0 Å². The molecule has 2 aromatic carbocycles. The molecule has 0 unspecified atom stereocenters. The van der Waals surface area contributed by atoms with Gasteiger partial charge < -0.3 is 9.80 Å². The highest BCUT2D eigenvalue weighted by Gasteiger charge is 2.05. The second-order valence-electron chi connectivity index (χ2n) is 6.05. The molecule has 0 N–H and O–H groups in total. The Morgan fingerprint density at radius 2 is 0.852 bits per heavy atom. The molecule has 2 nitrogen and oxygen atoms in total. The smallest absolute Gasteiger partial charge is 0.0372 e. The van der Waals surface area contributed by atoms with Crippen LogP contribution in [0.25, 0.3) is 0 Å². The lowest BCUT2D eigenvalue weighted by Gasteiger charge is -2.22. The summed E-state index contributed by atoms with van der Waals surface area (Å²) in [5.74, 6) is 0. The van der Waals surface area contributed by atoms with Crippen molar-refractivity contribution in [2.24, 2.45) is 0 Å². The number of nitrogens with zero attached hydrogens (tertiary/aromatic N) is 2. The van der Waals surface area contributed by atoms with Crippen LogP contribution in [0.3, 0.4) is 0 Å². The molecule has 0 bridgehead atoms. The van der Waals surface area contributed by atoms with Gasteiger partial charge in [-0.1, -0.05) is 36.1 Å².